The van der Waals surface area contributed by atoms with Crippen LogP contribution in [0.1, 0.15) is 10.4 Å². The predicted molar refractivity (Wildman–Crippen MR) is 54.2 cm³/mol. The van der Waals surface area contributed by atoms with E-state index in [0.717, 1.165) is 10.2 Å². The van der Waals surface area contributed by atoms with Gasteiger partial charge in [-0.1, -0.05) is 11.3 Å². The maximum atomic E-state index is 10.8. The number of hydrogen-bond donors (Lipinski definition) is 1. The molecule has 0 spiro atoms. The number of hydrogen-bond acceptors (Lipinski definition) is 4. The van der Waals surface area contributed by atoms with Gasteiger partial charge in [-0.25, -0.2) is 4.98 Å². The number of benzene rings is 1. The van der Waals surface area contributed by atoms with Crippen molar-refractivity contribution in [2.24, 2.45) is 0 Å². The fourth-order valence-corrected chi connectivity index (χ4v) is 1.96. The van der Waals surface area contributed by atoms with Crippen LogP contribution >= 0.6 is 22.9 Å². The zero-order valence-corrected chi connectivity index (χ0v) is 8.02. The van der Waals surface area contributed by atoms with Crippen molar-refractivity contribution in [2.45, 2.75) is 0 Å². The van der Waals surface area contributed by atoms with E-state index in [-0.39, 0.29) is 0 Å². The second-order valence-corrected chi connectivity index (χ2v) is 3.91. The number of nitrogen functional groups attached to an aromatic ring is 1. The predicted octanol–water partition coefficient (Wildman–Crippen LogP) is 2.26. The Morgan fingerprint density at radius 2 is 2.31 bits per heavy atom. The molecule has 3 nitrogen and oxygen atoms in total. The number of carbonyl (C=O) groups is 1. The molecule has 0 bridgehead atoms. The molecule has 0 aliphatic heterocycles. The van der Waals surface area contributed by atoms with Crippen molar-refractivity contribution in [2.75, 3.05) is 5.73 Å². The van der Waals surface area contributed by atoms with Crippen LogP contribution in [-0.4, -0.2) is 10.2 Å². The number of halogens is 1. The summed E-state index contributed by atoms with van der Waals surface area (Å²) in [7, 11) is 0. The summed E-state index contributed by atoms with van der Waals surface area (Å²) in [5.74, 6) is 0. The third-order valence-corrected chi connectivity index (χ3v) is 2.70. The van der Waals surface area contributed by atoms with E-state index < -0.39 is 5.24 Å². The molecule has 5 heteroatoms. The summed E-state index contributed by atoms with van der Waals surface area (Å²) in [4.78, 5) is 14.9. The molecule has 0 aliphatic rings. The van der Waals surface area contributed by atoms with Gasteiger partial charge in [0.15, 0.2) is 5.13 Å². The third-order valence-electron chi connectivity index (χ3n) is 1.63. The van der Waals surface area contributed by atoms with Crippen LogP contribution in [0, 0.1) is 0 Å². The number of rotatable bonds is 1. The molecule has 0 saturated heterocycles. The minimum absolute atomic E-state index is 0.464. The van der Waals surface area contributed by atoms with Crippen molar-refractivity contribution in [3.63, 3.8) is 0 Å². The molecular weight excluding hydrogens is 208 g/mol. The van der Waals surface area contributed by atoms with Gasteiger partial charge in [0, 0.05) is 5.56 Å². The van der Waals surface area contributed by atoms with E-state index in [1.807, 2.05) is 0 Å². The highest BCUT2D eigenvalue weighted by Gasteiger charge is 2.05. The Bertz CT molecular complexity index is 480. The minimum atomic E-state index is -0.464. The van der Waals surface area contributed by atoms with Crippen LogP contribution in [0.3, 0.4) is 0 Å². The first kappa shape index (κ1) is 8.47. The van der Waals surface area contributed by atoms with Gasteiger partial charge in [-0.3, -0.25) is 4.79 Å². The fraction of sp³-hybridized carbons (Fsp3) is 0. The molecule has 0 amide bonds. The highest BCUT2D eigenvalue weighted by molar-refractivity contribution is 7.22. The SMILES string of the molecule is Nc1nc2ccc(C(=O)Cl)cc2s1. The molecule has 66 valence electrons. The molecule has 13 heavy (non-hydrogen) atoms. The van der Waals surface area contributed by atoms with Gasteiger partial charge in [0.1, 0.15) is 0 Å². The van der Waals surface area contributed by atoms with Crippen LogP contribution in [0.4, 0.5) is 5.13 Å². The lowest BCUT2D eigenvalue weighted by Crippen LogP contribution is -1.86. The zero-order valence-electron chi connectivity index (χ0n) is 6.45. The topological polar surface area (TPSA) is 56.0 Å². The van der Waals surface area contributed by atoms with E-state index in [1.165, 1.54) is 11.3 Å². The Morgan fingerprint density at radius 1 is 1.54 bits per heavy atom. The molecule has 0 atom stereocenters. The Kier molecular flexibility index (Phi) is 1.94. The second kappa shape index (κ2) is 2.97. The fourth-order valence-electron chi connectivity index (χ4n) is 1.06. The zero-order chi connectivity index (χ0) is 9.42. The summed E-state index contributed by atoms with van der Waals surface area (Å²) < 4.78 is 0.879. The van der Waals surface area contributed by atoms with Crippen molar-refractivity contribution >= 4 is 43.5 Å². The summed E-state index contributed by atoms with van der Waals surface area (Å²) >= 11 is 6.66. The average Bonchev–Trinajstić information content (AvgIpc) is 2.42. The first-order chi connectivity index (χ1) is 6.16. The van der Waals surface area contributed by atoms with Crippen molar-refractivity contribution in [1.82, 2.24) is 4.98 Å². The van der Waals surface area contributed by atoms with Crippen molar-refractivity contribution in [3.05, 3.63) is 23.8 Å². The number of anilines is 1. The van der Waals surface area contributed by atoms with Crippen molar-refractivity contribution in [3.8, 4) is 0 Å². The molecule has 2 N–H and O–H groups in total. The Balaban J connectivity index is 2.67. The lowest BCUT2D eigenvalue weighted by molar-refractivity contribution is 0.108. The number of fused-ring (bicyclic) bond motifs is 1. The highest BCUT2D eigenvalue weighted by Crippen LogP contribution is 2.24. The molecule has 1 aromatic heterocycles. The number of nitrogens with two attached hydrogens (primary N) is 1. The van der Waals surface area contributed by atoms with Crippen molar-refractivity contribution in [1.29, 1.82) is 0 Å². The number of carbonyl (C=O) groups excluding carboxylic acids is 1. The van der Waals surface area contributed by atoms with Gasteiger partial charge in [0.25, 0.3) is 5.24 Å². The standard InChI is InChI=1S/C8H5ClN2OS/c9-7(12)4-1-2-5-6(3-4)13-8(10)11-5/h1-3H,(H2,10,11). The van der Waals surface area contributed by atoms with Gasteiger partial charge in [0.2, 0.25) is 0 Å². The van der Waals surface area contributed by atoms with Gasteiger partial charge >= 0.3 is 0 Å². The van der Waals surface area contributed by atoms with Crippen LogP contribution in [0.25, 0.3) is 10.2 Å². The molecular formula is C8H5ClN2OS. The van der Waals surface area contributed by atoms with Crippen LogP contribution in [0.2, 0.25) is 0 Å². The Hall–Kier alpha value is -1.13. The summed E-state index contributed by atoms with van der Waals surface area (Å²) in [5, 5.41) is 0.0306. The second-order valence-electron chi connectivity index (χ2n) is 2.51. The first-order valence-corrected chi connectivity index (χ1v) is 4.72. The van der Waals surface area contributed by atoms with E-state index in [2.05, 4.69) is 4.98 Å². The maximum absolute atomic E-state index is 10.8. The molecule has 0 radical (unpaired) electrons. The first-order valence-electron chi connectivity index (χ1n) is 3.53. The molecule has 0 aliphatic carbocycles. The molecule has 2 aromatic rings. The lowest BCUT2D eigenvalue weighted by Gasteiger charge is -1.91. The molecule has 1 aromatic carbocycles. The van der Waals surface area contributed by atoms with E-state index in [0.29, 0.717) is 10.7 Å². The van der Waals surface area contributed by atoms with Gasteiger partial charge in [-0.2, -0.15) is 0 Å². The molecule has 0 fully saturated rings. The van der Waals surface area contributed by atoms with Crippen LogP contribution in [0.5, 0.6) is 0 Å². The molecule has 1 heterocycles. The Morgan fingerprint density at radius 3 is 3.00 bits per heavy atom. The quantitative estimate of drug-likeness (QED) is 0.738. The Labute approximate surface area is 83.1 Å². The summed E-state index contributed by atoms with van der Waals surface area (Å²) in [6.07, 6.45) is 0. The van der Waals surface area contributed by atoms with E-state index in [4.69, 9.17) is 17.3 Å². The maximum Gasteiger partial charge on any atom is 0.252 e. The smallest absolute Gasteiger partial charge is 0.252 e. The highest BCUT2D eigenvalue weighted by atomic mass is 35.5. The van der Waals surface area contributed by atoms with Gasteiger partial charge in [-0.05, 0) is 29.8 Å². The number of thiazole rings is 1. The summed E-state index contributed by atoms with van der Waals surface area (Å²) in [5.41, 5.74) is 6.77. The van der Waals surface area contributed by atoms with E-state index in [1.54, 1.807) is 18.2 Å². The largest absolute Gasteiger partial charge is 0.375 e. The van der Waals surface area contributed by atoms with Crippen LogP contribution < -0.4 is 5.73 Å². The van der Waals surface area contributed by atoms with Crippen molar-refractivity contribution < 1.29 is 4.79 Å². The molecule has 0 saturated carbocycles. The average molecular weight is 213 g/mol. The van der Waals surface area contributed by atoms with Crippen LogP contribution in [-0.2, 0) is 0 Å². The summed E-state index contributed by atoms with van der Waals surface area (Å²) in [6.45, 7) is 0. The molecule has 0 unspecified atom stereocenters. The van der Waals surface area contributed by atoms with E-state index >= 15 is 0 Å². The van der Waals surface area contributed by atoms with Crippen LogP contribution in [0.15, 0.2) is 18.2 Å². The van der Waals surface area contributed by atoms with Gasteiger partial charge < -0.3 is 5.73 Å². The van der Waals surface area contributed by atoms with Gasteiger partial charge in [-0.15, -0.1) is 0 Å². The normalized spacial score (nSPS) is 10.5. The van der Waals surface area contributed by atoms with E-state index in [9.17, 15) is 4.79 Å². The van der Waals surface area contributed by atoms with Gasteiger partial charge in [0.05, 0.1) is 10.2 Å². The number of aromatic nitrogens is 1. The molecule has 2 rings (SSSR count). The third kappa shape index (κ3) is 1.50. The minimum Gasteiger partial charge on any atom is -0.375 e. The monoisotopic (exact) mass is 212 g/mol. The number of nitrogens with zero attached hydrogens (tertiary/aromatic N) is 1. The summed E-state index contributed by atoms with van der Waals surface area (Å²) in [6, 6.07) is 5.06. The lowest BCUT2D eigenvalue weighted by atomic mass is 10.2.